The van der Waals surface area contributed by atoms with Crippen LogP contribution in [0.15, 0.2) is 36.5 Å². The van der Waals surface area contributed by atoms with E-state index in [0.717, 1.165) is 30.0 Å². The number of imidazole rings is 1. The Morgan fingerprint density at radius 1 is 1.18 bits per heavy atom. The molecule has 1 aromatic heterocycles. The van der Waals surface area contributed by atoms with Crippen molar-refractivity contribution in [1.29, 1.82) is 0 Å². The highest BCUT2D eigenvalue weighted by atomic mass is 32.1. The number of rotatable bonds is 5. The second kappa shape index (κ2) is 8.70. The molecular formula is C22H30N4OS. The van der Waals surface area contributed by atoms with E-state index < -0.39 is 6.04 Å². The first-order valence-corrected chi connectivity index (χ1v) is 11.1. The van der Waals surface area contributed by atoms with Gasteiger partial charge in [-0.3, -0.25) is 4.79 Å². The minimum atomic E-state index is -0.549. The quantitative estimate of drug-likeness (QED) is 0.756. The lowest BCUT2D eigenvalue weighted by Gasteiger charge is -2.39. The first-order chi connectivity index (χ1) is 13.7. The Bertz CT molecular complexity index is 800. The van der Waals surface area contributed by atoms with E-state index in [1.807, 2.05) is 23.1 Å². The van der Waals surface area contributed by atoms with Crippen molar-refractivity contribution in [2.75, 3.05) is 12.3 Å². The number of benzene rings is 1. The molecule has 6 heteroatoms. The fourth-order valence-electron chi connectivity index (χ4n) is 4.66. The summed E-state index contributed by atoms with van der Waals surface area (Å²) >= 11 is 4.25. The number of nitrogens with two attached hydrogens (primary N) is 1. The van der Waals surface area contributed by atoms with Crippen molar-refractivity contribution in [3.05, 3.63) is 42.4 Å². The molecule has 0 spiro atoms. The lowest BCUT2D eigenvalue weighted by atomic mass is 9.84. The molecule has 0 radical (unpaired) electrons. The van der Waals surface area contributed by atoms with E-state index in [1.54, 1.807) is 0 Å². The molecule has 1 fully saturated rings. The maximum absolute atomic E-state index is 13.0. The Morgan fingerprint density at radius 2 is 1.93 bits per heavy atom. The third kappa shape index (κ3) is 3.98. The van der Waals surface area contributed by atoms with Crippen LogP contribution in [0.25, 0.3) is 11.3 Å². The summed E-state index contributed by atoms with van der Waals surface area (Å²) in [5.74, 6) is 2.04. The molecular weight excluding hydrogens is 368 g/mol. The summed E-state index contributed by atoms with van der Waals surface area (Å²) in [6, 6.07) is 9.72. The van der Waals surface area contributed by atoms with Gasteiger partial charge in [0, 0.05) is 30.6 Å². The van der Waals surface area contributed by atoms with E-state index in [4.69, 9.17) is 10.7 Å². The van der Waals surface area contributed by atoms with Gasteiger partial charge in [-0.15, -0.1) is 0 Å². The van der Waals surface area contributed by atoms with Crippen LogP contribution in [-0.4, -0.2) is 38.7 Å². The van der Waals surface area contributed by atoms with Crippen LogP contribution in [0, 0.1) is 5.92 Å². The number of carbonyl (C=O) groups is 1. The van der Waals surface area contributed by atoms with Gasteiger partial charge in [0.2, 0.25) is 5.91 Å². The zero-order valence-electron chi connectivity index (χ0n) is 16.3. The van der Waals surface area contributed by atoms with E-state index in [2.05, 4.69) is 35.5 Å². The van der Waals surface area contributed by atoms with Gasteiger partial charge in [-0.25, -0.2) is 4.98 Å². The molecule has 2 heterocycles. The molecule has 0 saturated heterocycles. The van der Waals surface area contributed by atoms with Gasteiger partial charge in [-0.1, -0.05) is 62.4 Å². The molecule has 2 aliphatic rings. The number of aromatic nitrogens is 2. The predicted molar refractivity (Wildman–Crippen MR) is 115 cm³/mol. The van der Waals surface area contributed by atoms with E-state index in [0.29, 0.717) is 18.2 Å². The highest BCUT2D eigenvalue weighted by Gasteiger charge is 2.36. The molecule has 1 unspecified atom stereocenters. The molecule has 1 aliphatic heterocycles. The highest BCUT2D eigenvalue weighted by molar-refractivity contribution is 7.80. The van der Waals surface area contributed by atoms with Crippen molar-refractivity contribution in [1.82, 2.24) is 14.5 Å². The van der Waals surface area contributed by atoms with E-state index in [-0.39, 0.29) is 11.9 Å². The second-order valence-electron chi connectivity index (χ2n) is 8.12. The van der Waals surface area contributed by atoms with Crippen LogP contribution in [0.2, 0.25) is 0 Å². The fraction of sp³-hybridized carbons (Fsp3) is 0.545. The van der Waals surface area contributed by atoms with Crippen molar-refractivity contribution in [2.24, 2.45) is 11.7 Å². The average Bonchev–Trinajstić information content (AvgIpc) is 3.19. The molecule has 150 valence electrons. The summed E-state index contributed by atoms with van der Waals surface area (Å²) in [7, 11) is 0. The number of carbonyl (C=O) groups excluding carboxylic acids is 1. The number of hydrogen-bond donors (Lipinski definition) is 2. The Morgan fingerprint density at radius 3 is 2.64 bits per heavy atom. The SMILES string of the molecule is N[C@@H](CS)C(=O)N1CCn2cc(-c3ccccc3)nc2C1CC1CCCCC1. The van der Waals surface area contributed by atoms with Crippen molar-refractivity contribution >= 4 is 18.5 Å². The van der Waals surface area contributed by atoms with Crippen LogP contribution in [0.5, 0.6) is 0 Å². The Labute approximate surface area is 172 Å². The van der Waals surface area contributed by atoms with Gasteiger partial charge in [0.25, 0.3) is 0 Å². The molecule has 28 heavy (non-hydrogen) atoms. The van der Waals surface area contributed by atoms with Crippen LogP contribution >= 0.6 is 12.6 Å². The first kappa shape index (κ1) is 19.5. The van der Waals surface area contributed by atoms with Gasteiger partial charge < -0.3 is 15.2 Å². The fourth-order valence-corrected chi connectivity index (χ4v) is 4.82. The monoisotopic (exact) mass is 398 g/mol. The van der Waals surface area contributed by atoms with Gasteiger partial charge in [-0.2, -0.15) is 12.6 Å². The molecule has 4 rings (SSSR count). The molecule has 1 saturated carbocycles. The highest BCUT2D eigenvalue weighted by Crippen LogP contribution is 2.37. The maximum Gasteiger partial charge on any atom is 0.241 e. The zero-order chi connectivity index (χ0) is 19.5. The predicted octanol–water partition coefficient (Wildman–Crippen LogP) is 3.66. The third-order valence-corrected chi connectivity index (χ3v) is 6.60. The molecule has 2 N–H and O–H groups in total. The van der Waals surface area contributed by atoms with Gasteiger partial charge >= 0.3 is 0 Å². The standard InChI is InChI=1S/C22H30N4OS/c23-18(15-28)22(27)26-12-11-25-14-19(17-9-5-2-6-10-17)24-21(25)20(26)13-16-7-3-1-4-8-16/h2,5-6,9-10,14,16,18,20,28H,1,3-4,7-8,11-13,15,23H2/t18-,20?/m0/s1. The van der Waals surface area contributed by atoms with Gasteiger partial charge in [-0.05, 0) is 12.3 Å². The lowest BCUT2D eigenvalue weighted by molar-refractivity contribution is -0.136. The smallest absolute Gasteiger partial charge is 0.241 e. The van der Waals surface area contributed by atoms with Gasteiger partial charge in [0.05, 0.1) is 17.8 Å². The van der Waals surface area contributed by atoms with Crippen LogP contribution < -0.4 is 5.73 Å². The van der Waals surface area contributed by atoms with Gasteiger partial charge in [0.1, 0.15) is 5.82 Å². The molecule has 1 aromatic carbocycles. The van der Waals surface area contributed by atoms with Crippen molar-refractivity contribution < 1.29 is 4.79 Å². The normalized spacial score (nSPS) is 21.4. The third-order valence-electron chi connectivity index (χ3n) is 6.21. The van der Waals surface area contributed by atoms with Crippen LogP contribution in [0.3, 0.4) is 0 Å². The molecule has 0 bridgehead atoms. The van der Waals surface area contributed by atoms with E-state index in [1.165, 1.54) is 32.1 Å². The molecule has 1 amide bonds. The summed E-state index contributed by atoms with van der Waals surface area (Å²) in [5, 5.41) is 0. The number of amides is 1. The van der Waals surface area contributed by atoms with Crippen LogP contribution in [0.1, 0.15) is 50.4 Å². The maximum atomic E-state index is 13.0. The van der Waals surface area contributed by atoms with E-state index >= 15 is 0 Å². The lowest BCUT2D eigenvalue weighted by Crippen LogP contribution is -2.50. The molecule has 5 nitrogen and oxygen atoms in total. The minimum Gasteiger partial charge on any atom is -0.331 e. The zero-order valence-corrected chi connectivity index (χ0v) is 17.2. The number of nitrogens with zero attached hydrogens (tertiary/aromatic N) is 3. The van der Waals surface area contributed by atoms with Crippen molar-refractivity contribution in [2.45, 2.75) is 57.2 Å². The Hall–Kier alpha value is -1.79. The van der Waals surface area contributed by atoms with Crippen LogP contribution in [-0.2, 0) is 11.3 Å². The summed E-state index contributed by atoms with van der Waals surface area (Å²) in [4.78, 5) is 20.0. The van der Waals surface area contributed by atoms with Crippen LogP contribution in [0.4, 0.5) is 0 Å². The summed E-state index contributed by atoms with van der Waals surface area (Å²) in [6.45, 7) is 1.46. The molecule has 1 aliphatic carbocycles. The Balaban J connectivity index is 1.66. The summed E-state index contributed by atoms with van der Waals surface area (Å²) in [5.41, 5.74) is 8.16. The van der Waals surface area contributed by atoms with Crippen molar-refractivity contribution in [3.8, 4) is 11.3 Å². The first-order valence-electron chi connectivity index (χ1n) is 10.5. The average molecular weight is 399 g/mol. The number of thiol groups is 1. The summed E-state index contributed by atoms with van der Waals surface area (Å²) in [6.07, 6.45) is 9.56. The minimum absolute atomic E-state index is 0.00585. The second-order valence-corrected chi connectivity index (χ2v) is 8.49. The molecule has 2 atom stereocenters. The number of hydrogen-bond acceptors (Lipinski definition) is 4. The Kier molecular flexibility index (Phi) is 6.07. The van der Waals surface area contributed by atoms with Crippen molar-refractivity contribution in [3.63, 3.8) is 0 Å². The topological polar surface area (TPSA) is 64.2 Å². The van der Waals surface area contributed by atoms with E-state index in [9.17, 15) is 4.79 Å². The number of fused-ring (bicyclic) bond motifs is 1. The largest absolute Gasteiger partial charge is 0.331 e. The molecule has 2 aromatic rings. The summed E-state index contributed by atoms with van der Waals surface area (Å²) < 4.78 is 2.24. The van der Waals surface area contributed by atoms with Gasteiger partial charge in [0.15, 0.2) is 0 Å².